The van der Waals surface area contributed by atoms with Crippen molar-refractivity contribution in [3.63, 3.8) is 0 Å². The summed E-state index contributed by atoms with van der Waals surface area (Å²) in [5.74, 6) is -0.152. The zero-order valence-corrected chi connectivity index (χ0v) is 11.6. The van der Waals surface area contributed by atoms with Gasteiger partial charge in [0.25, 0.3) is 5.91 Å². The van der Waals surface area contributed by atoms with Gasteiger partial charge in [0.05, 0.1) is 5.56 Å². The van der Waals surface area contributed by atoms with Crippen molar-refractivity contribution in [2.45, 2.75) is 0 Å². The number of halogens is 2. The SMILES string of the molecule is CN(C)CCN(C)C(=O)c1ccc(Cl)nc1Cl. The fourth-order valence-electron chi connectivity index (χ4n) is 1.23. The lowest BCUT2D eigenvalue weighted by Gasteiger charge is -2.19. The minimum absolute atomic E-state index is 0.138. The number of carbonyl (C=O) groups excluding carboxylic acids is 1. The number of carbonyl (C=O) groups is 1. The number of nitrogens with zero attached hydrogens (tertiary/aromatic N) is 3. The van der Waals surface area contributed by atoms with Gasteiger partial charge in [-0.3, -0.25) is 4.79 Å². The van der Waals surface area contributed by atoms with Crippen LogP contribution in [0.2, 0.25) is 10.3 Å². The second-order valence-electron chi connectivity index (χ2n) is 4.00. The van der Waals surface area contributed by atoms with Gasteiger partial charge in [0.15, 0.2) is 0 Å². The number of likely N-dealkylation sites (N-methyl/N-ethyl adjacent to an activating group) is 2. The van der Waals surface area contributed by atoms with E-state index in [-0.39, 0.29) is 16.2 Å². The van der Waals surface area contributed by atoms with Gasteiger partial charge in [-0.1, -0.05) is 23.2 Å². The summed E-state index contributed by atoms with van der Waals surface area (Å²) in [6, 6.07) is 3.15. The molecule has 0 atom stereocenters. The van der Waals surface area contributed by atoms with E-state index in [1.807, 2.05) is 19.0 Å². The molecule has 0 fully saturated rings. The summed E-state index contributed by atoms with van der Waals surface area (Å²) in [6.45, 7) is 1.42. The van der Waals surface area contributed by atoms with E-state index in [0.29, 0.717) is 12.1 Å². The van der Waals surface area contributed by atoms with Crippen molar-refractivity contribution < 1.29 is 4.79 Å². The first-order valence-corrected chi connectivity index (χ1v) is 5.89. The summed E-state index contributed by atoms with van der Waals surface area (Å²) in [7, 11) is 5.64. The summed E-state index contributed by atoms with van der Waals surface area (Å²) in [4.78, 5) is 19.5. The molecule has 94 valence electrons. The fourth-order valence-corrected chi connectivity index (χ4v) is 1.65. The standard InChI is InChI=1S/C11H15Cl2N3O/c1-15(2)6-7-16(3)11(17)8-4-5-9(12)14-10(8)13/h4-5H,6-7H2,1-3H3. The normalized spacial score (nSPS) is 10.7. The second-order valence-corrected chi connectivity index (χ2v) is 4.75. The molecule has 0 radical (unpaired) electrons. The van der Waals surface area contributed by atoms with Gasteiger partial charge < -0.3 is 9.80 Å². The van der Waals surface area contributed by atoms with Crippen LogP contribution in [0.4, 0.5) is 0 Å². The molecule has 0 aliphatic carbocycles. The molecule has 1 rings (SSSR count). The third-order valence-corrected chi connectivity index (χ3v) is 2.77. The van der Waals surface area contributed by atoms with Crippen molar-refractivity contribution in [3.8, 4) is 0 Å². The highest BCUT2D eigenvalue weighted by Gasteiger charge is 2.16. The predicted octanol–water partition coefficient (Wildman–Crippen LogP) is 2.02. The quantitative estimate of drug-likeness (QED) is 0.789. The molecular weight excluding hydrogens is 261 g/mol. The first-order chi connectivity index (χ1) is 7.91. The van der Waals surface area contributed by atoms with Crippen LogP contribution in [0.3, 0.4) is 0 Å². The lowest BCUT2D eigenvalue weighted by molar-refractivity contribution is 0.0786. The highest BCUT2D eigenvalue weighted by molar-refractivity contribution is 6.34. The first-order valence-electron chi connectivity index (χ1n) is 5.14. The minimum Gasteiger partial charge on any atom is -0.340 e. The van der Waals surface area contributed by atoms with E-state index in [1.165, 1.54) is 0 Å². The molecule has 1 aromatic heterocycles. The van der Waals surface area contributed by atoms with E-state index in [9.17, 15) is 4.79 Å². The monoisotopic (exact) mass is 275 g/mol. The molecule has 0 saturated heterocycles. The second kappa shape index (κ2) is 6.19. The Bertz CT molecular complexity index is 410. The van der Waals surface area contributed by atoms with E-state index in [4.69, 9.17) is 23.2 Å². The van der Waals surface area contributed by atoms with Crippen LogP contribution in [0.15, 0.2) is 12.1 Å². The van der Waals surface area contributed by atoms with Gasteiger partial charge in [-0.2, -0.15) is 0 Å². The molecule has 0 unspecified atom stereocenters. The Morgan fingerprint density at radius 2 is 1.88 bits per heavy atom. The number of rotatable bonds is 4. The Kier molecular flexibility index (Phi) is 5.18. The Hall–Kier alpha value is -0.840. The molecule has 6 heteroatoms. The highest BCUT2D eigenvalue weighted by atomic mass is 35.5. The van der Waals surface area contributed by atoms with E-state index < -0.39 is 0 Å². The number of pyridine rings is 1. The molecule has 1 aromatic rings. The van der Waals surface area contributed by atoms with Crippen LogP contribution in [0.5, 0.6) is 0 Å². The van der Waals surface area contributed by atoms with Gasteiger partial charge in [-0.25, -0.2) is 4.98 Å². The molecule has 17 heavy (non-hydrogen) atoms. The number of amides is 1. The molecule has 0 saturated carbocycles. The largest absolute Gasteiger partial charge is 0.340 e. The van der Waals surface area contributed by atoms with Crippen molar-refractivity contribution in [3.05, 3.63) is 28.0 Å². The molecule has 0 aliphatic heterocycles. The summed E-state index contributed by atoms with van der Waals surface area (Å²) >= 11 is 11.6. The molecule has 0 N–H and O–H groups in total. The van der Waals surface area contributed by atoms with Crippen LogP contribution < -0.4 is 0 Å². The van der Waals surface area contributed by atoms with E-state index >= 15 is 0 Å². The molecule has 4 nitrogen and oxygen atoms in total. The van der Waals surface area contributed by atoms with Crippen molar-refractivity contribution in [1.82, 2.24) is 14.8 Å². The topological polar surface area (TPSA) is 36.4 Å². The van der Waals surface area contributed by atoms with Crippen molar-refractivity contribution >= 4 is 29.1 Å². The summed E-state index contributed by atoms with van der Waals surface area (Å²) in [5, 5.41) is 0.418. The maximum absolute atomic E-state index is 12.0. The zero-order valence-electron chi connectivity index (χ0n) is 10.1. The lowest BCUT2D eigenvalue weighted by Crippen LogP contribution is -2.33. The smallest absolute Gasteiger partial charge is 0.256 e. The molecule has 1 heterocycles. The van der Waals surface area contributed by atoms with Crippen molar-refractivity contribution in [1.29, 1.82) is 0 Å². The van der Waals surface area contributed by atoms with Gasteiger partial charge in [-0.05, 0) is 26.2 Å². The van der Waals surface area contributed by atoms with E-state index in [2.05, 4.69) is 4.98 Å². The third-order valence-electron chi connectivity index (χ3n) is 2.27. The summed E-state index contributed by atoms with van der Waals surface area (Å²) < 4.78 is 0. The van der Waals surface area contributed by atoms with Crippen LogP contribution in [0.1, 0.15) is 10.4 Å². The van der Waals surface area contributed by atoms with Gasteiger partial charge in [-0.15, -0.1) is 0 Å². The average molecular weight is 276 g/mol. The maximum atomic E-state index is 12.0. The molecular formula is C11H15Cl2N3O. The van der Waals surface area contributed by atoms with Gasteiger partial charge >= 0.3 is 0 Å². The first kappa shape index (κ1) is 14.2. The average Bonchev–Trinajstić information content (AvgIpc) is 2.25. The van der Waals surface area contributed by atoms with Crippen LogP contribution >= 0.6 is 23.2 Å². The van der Waals surface area contributed by atoms with Gasteiger partial charge in [0, 0.05) is 20.1 Å². The van der Waals surface area contributed by atoms with Gasteiger partial charge in [0.1, 0.15) is 10.3 Å². The Labute approximate surface area is 111 Å². The maximum Gasteiger partial charge on any atom is 0.256 e. The molecule has 1 amide bonds. The molecule has 0 aliphatic rings. The number of hydrogen-bond acceptors (Lipinski definition) is 3. The number of hydrogen-bond donors (Lipinski definition) is 0. The Morgan fingerprint density at radius 3 is 2.41 bits per heavy atom. The van der Waals surface area contributed by atoms with Crippen LogP contribution in [0.25, 0.3) is 0 Å². The number of aromatic nitrogens is 1. The predicted molar refractivity (Wildman–Crippen MR) is 69.8 cm³/mol. The van der Waals surface area contributed by atoms with Crippen LogP contribution in [0, 0.1) is 0 Å². The summed E-state index contributed by atoms with van der Waals surface area (Å²) in [6.07, 6.45) is 0. The van der Waals surface area contributed by atoms with Crippen LogP contribution in [-0.4, -0.2) is 54.9 Å². The van der Waals surface area contributed by atoms with Crippen molar-refractivity contribution in [2.75, 3.05) is 34.2 Å². The Balaban J connectivity index is 2.75. The highest BCUT2D eigenvalue weighted by Crippen LogP contribution is 2.17. The minimum atomic E-state index is -0.152. The Morgan fingerprint density at radius 1 is 1.24 bits per heavy atom. The van der Waals surface area contributed by atoms with Crippen LogP contribution in [-0.2, 0) is 0 Å². The third kappa shape index (κ3) is 4.15. The fraction of sp³-hybridized carbons (Fsp3) is 0.455. The van der Waals surface area contributed by atoms with E-state index in [0.717, 1.165) is 6.54 Å². The van der Waals surface area contributed by atoms with E-state index in [1.54, 1.807) is 24.1 Å². The molecule has 0 bridgehead atoms. The zero-order chi connectivity index (χ0) is 13.0. The molecule has 0 aromatic carbocycles. The molecule has 0 spiro atoms. The summed E-state index contributed by atoms with van der Waals surface area (Å²) in [5.41, 5.74) is 0.373. The lowest BCUT2D eigenvalue weighted by atomic mass is 10.2. The van der Waals surface area contributed by atoms with Crippen molar-refractivity contribution in [2.24, 2.45) is 0 Å². The van der Waals surface area contributed by atoms with Gasteiger partial charge in [0.2, 0.25) is 0 Å².